The number of amides is 1. The summed E-state index contributed by atoms with van der Waals surface area (Å²) in [7, 11) is 0. The van der Waals surface area contributed by atoms with Gasteiger partial charge >= 0.3 is 0 Å². The van der Waals surface area contributed by atoms with E-state index in [2.05, 4.69) is 11.4 Å². The number of nitrogens with one attached hydrogen (secondary N) is 1. The lowest BCUT2D eigenvalue weighted by molar-refractivity contribution is -0.123. The molecule has 0 aromatic heterocycles. The fourth-order valence-corrected chi connectivity index (χ4v) is 2.34. The normalized spacial score (nSPS) is 13.0. The predicted molar refractivity (Wildman–Crippen MR) is 82.4 cm³/mol. The maximum absolute atomic E-state index is 12.5. The van der Waals surface area contributed by atoms with Crippen LogP contribution in [-0.4, -0.2) is 5.91 Å². The van der Waals surface area contributed by atoms with Crippen molar-refractivity contribution in [3.8, 4) is 6.07 Å². The van der Waals surface area contributed by atoms with Gasteiger partial charge in [-0.15, -0.1) is 0 Å². The van der Waals surface area contributed by atoms with Crippen molar-refractivity contribution in [3.63, 3.8) is 0 Å². The van der Waals surface area contributed by atoms with Crippen molar-refractivity contribution in [2.75, 3.05) is 0 Å². The molecule has 0 spiro atoms. The van der Waals surface area contributed by atoms with Crippen LogP contribution in [0.5, 0.6) is 0 Å². The highest BCUT2D eigenvalue weighted by molar-refractivity contribution is 5.84. The molecule has 21 heavy (non-hydrogen) atoms. The van der Waals surface area contributed by atoms with E-state index in [1.807, 2.05) is 67.6 Å². The summed E-state index contributed by atoms with van der Waals surface area (Å²) in [5, 5.41) is 12.1. The molecule has 0 aliphatic heterocycles. The monoisotopic (exact) mass is 278 g/mol. The maximum atomic E-state index is 12.5. The number of nitriles is 1. The SMILES string of the molecule is CCC(C(=O)NC(C#N)c1ccccc1)c1ccccc1. The van der Waals surface area contributed by atoms with Gasteiger partial charge in [0, 0.05) is 0 Å². The van der Waals surface area contributed by atoms with Crippen LogP contribution in [0.25, 0.3) is 0 Å². The summed E-state index contributed by atoms with van der Waals surface area (Å²) >= 11 is 0. The Labute approximate surface area is 125 Å². The van der Waals surface area contributed by atoms with E-state index in [1.54, 1.807) is 0 Å². The van der Waals surface area contributed by atoms with Gasteiger partial charge in [-0.1, -0.05) is 67.6 Å². The molecule has 3 heteroatoms. The van der Waals surface area contributed by atoms with Gasteiger partial charge in [0.05, 0.1) is 12.0 Å². The first kappa shape index (κ1) is 14.8. The number of carbonyl (C=O) groups is 1. The van der Waals surface area contributed by atoms with Crippen molar-refractivity contribution >= 4 is 5.91 Å². The Morgan fingerprint density at radius 1 is 1.05 bits per heavy atom. The zero-order valence-electron chi connectivity index (χ0n) is 12.0. The summed E-state index contributed by atoms with van der Waals surface area (Å²) in [6, 6.07) is 20.5. The fraction of sp³-hybridized carbons (Fsp3) is 0.222. The quantitative estimate of drug-likeness (QED) is 0.909. The average Bonchev–Trinajstić information content (AvgIpc) is 2.55. The minimum atomic E-state index is -0.614. The number of hydrogen-bond acceptors (Lipinski definition) is 2. The molecule has 2 atom stereocenters. The molecule has 0 aliphatic carbocycles. The maximum Gasteiger partial charge on any atom is 0.228 e. The Morgan fingerprint density at radius 2 is 1.57 bits per heavy atom. The highest BCUT2D eigenvalue weighted by Gasteiger charge is 2.22. The Morgan fingerprint density at radius 3 is 2.05 bits per heavy atom. The van der Waals surface area contributed by atoms with E-state index in [0.29, 0.717) is 6.42 Å². The van der Waals surface area contributed by atoms with E-state index in [0.717, 1.165) is 11.1 Å². The Bertz CT molecular complexity index is 617. The van der Waals surface area contributed by atoms with Gasteiger partial charge in [0.1, 0.15) is 6.04 Å². The van der Waals surface area contributed by atoms with Gasteiger partial charge in [0.2, 0.25) is 5.91 Å². The molecule has 0 aliphatic rings. The molecular weight excluding hydrogens is 260 g/mol. The summed E-state index contributed by atoms with van der Waals surface area (Å²) in [5.41, 5.74) is 1.78. The summed E-state index contributed by atoms with van der Waals surface area (Å²) in [4.78, 5) is 12.5. The van der Waals surface area contributed by atoms with Gasteiger partial charge in [0.15, 0.2) is 0 Å². The van der Waals surface area contributed by atoms with E-state index >= 15 is 0 Å². The van der Waals surface area contributed by atoms with Crippen LogP contribution in [0.15, 0.2) is 60.7 Å². The minimum absolute atomic E-state index is 0.112. The van der Waals surface area contributed by atoms with Crippen LogP contribution in [0.3, 0.4) is 0 Å². The molecule has 2 unspecified atom stereocenters. The number of carbonyl (C=O) groups excluding carboxylic acids is 1. The van der Waals surface area contributed by atoms with Crippen LogP contribution in [0, 0.1) is 11.3 Å². The third-order valence-corrected chi connectivity index (χ3v) is 3.48. The molecule has 1 amide bonds. The molecule has 0 radical (unpaired) electrons. The first-order valence-electron chi connectivity index (χ1n) is 7.06. The minimum Gasteiger partial charge on any atom is -0.336 e. The van der Waals surface area contributed by atoms with Gasteiger partial charge in [-0.05, 0) is 17.5 Å². The number of rotatable bonds is 5. The smallest absolute Gasteiger partial charge is 0.228 e. The van der Waals surface area contributed by atoms with Crippen molar-refractivity contribution < 1.29 is 4.79 Å². The first-order valence-corrected chi connectivity index (χ1v) is 7.06. The molecule has 0 heterocycles. The third kappa shape index (κ3) is 3.70. The zero-order chi connectivity index (χ0) is 15.1. The second-order valence-electron chi connectivity index (χ2n) is 4.85. The molecule has 0 saturated heterocycles. The number of nitrogens with zero attached hydrogens (tertiary/aromatic N) is 1. The van der Waals surface area contributed by atoms with E-state index in [1.165, 1.54) is 0 Å². The second kappa shape index (κ2) is 7.25. The zero-order valence-corrected chi connectivity index (χ0v) is 12.0. The number of hydrogen-bond donors (Lipinski definition) is 1. The summed E-state index contributed by atoms with van der Waals surface area (Å²) < 4.78 is 0. The lowest BCUT2D eigenvalue weighted by Crippen LogP contribution is -2.32. The molecule has 106 valence electrons. The Hall–Kier alpha value is -2.60. The highest BCUT2D eigenvalue weighted by atomic mass is 16.1. The predicted octanol–water partition coefficient (Wildman–Crippen LogP) is 3.56. The lowest BCUT2D eigenvalue weighted by atomic mass is 9.95. The molecule has 0 bridgehead atoms. The first-order chi connectivity index (χ1) is 10.3. The van der Waals surface area contributed by atoms with E-state index in [4.69, 9.17) is 0 Å². The molecular formula is C18H18N2O. The van der Waals surface area contributed by atoms with Crippen LogP contribution in [0.4, 0.5) is 0 Å². The van der Waals surface area contributed by atoms with Crippen LogP contribution >= 0.6 is 0 Å². The van der Waals surface area contributed by atoms with Crippen molar-refractivity contribution in [1.29, 1.82) is 5.26 Å². The van der Waals surface area contributed by atoms with Crippen molar-refractivity contribution in [3.05, 3.63) is 71.8 Å². The van der Waals surface area contributed by atoms with Crippen molar-refractivity contribution in [2.45, 2.75) is 25.3 Å². The molecule has 0 saturated carbocycles. The summed E-state index contributed by atoms with van der Waals surface area (Å²) in [6.45, 7) is 1.97. The van der Waals surface area contributed by atoms with E-state index < -0.39 is 6.04 Å². The van der Waals surface area contributed by atoms with Crippen LogP contribution < -0.4 is 5.32 Å². The highest BCUT2D eigenvalue weighted by Crippen LogP contribution is 2.21. The lowest BCUT2D eigenvalue weighted by Gasteiger charge is -2.18. The molecule has 1 N–H and O–H groups in total. The molecule has 2 aromatic rings. The second-order valence-corrected chi connectivity index (χ2v) is 4.85. The largest absolute Gasteiger partial charge is 0.336 e. The molecule has 3 nitrogen and oxygen atoms in total. The van der Waals surface area contributed by atoms with Crippen LogP contribution in [0.2, 0.25) is 0 Å². The number of benzene rings is 2. The third-order valence-electron chi connectivity index (χ3n) is 3.48. The fourth-order valence-electron chi connectivity index (χ4n) is 2.34. The van der Waals surface area contributed by atoms with Crippen molar-refractivity contribution in [1.82, 2.24) is 5.32 Å². The molecule has 0 fully saturated rings. The Kier molecular flexibility index (Phi) is 5.11. The van der Waals surface area contributed by atoms with Gasteiger partial charge < -0.3 is 5.32 Å². The van der Waals surface area contributed by atoms with Gasteiger partial charge in [-0.2, -0.15) is 5.26 Å². The van der Waals surface area contributed by atoms with Crippen molar-refractivity contribution in [2.24, 2.45) is 0 Å². The van der Waals surface area contributed by atoms with Gasteiger partial charge in [0.25, 0.3) is 0 Å². The standard InChI is InChI=1S/C18H18N2O/c1-2-16(14-9-5-3-6-10-14)18(21)20-17(13-19)15-11-7-4-8-12-15/h3-12,16-17H,2H2,1H3,(H,20,21). The molecule has 2 aromatic carbocycles. The topological polar surface area (TPSA) is 52.9 Å². The molecule has 2 rings (SSSR count). The Balaban J connectivity index is 2.14. The van der Waals surface area contributed by atoms with Crippen LogP contribution in [-0.2, 0) is 4.79 Å². The summed E-state index contributed by atoms with van der Waals surface area (Å²) in [6.07, 6.45) is 0.697. The van der Waals surface area contributed by atoms with E-state index in [9.17, 15) is 10.1 Å². The van der Waals surface area contributed by atoms with E-state index in [-0.39, 0.29) is 11.8 Å². The van der Waals surface area contributed by atoms with Gasteiger partial charge in [-0.3, -0.25) is 4.79 Å². The average molecular weight is 278 g/mol. The van der Waals surface area contributed by atoms with Crippen LogP contribution in [0.1, 0.15) is 36.4 Å². The van der Waals surface area contributed by atoms with Gasteiger partial charge in [-0.25, -0.2) is 0 Å². The summed E-state index contributed by atoms with van der Waals surface area (Å²) in [5.74, 6) is -0.343.